The molecule has 0 atom stereocenters. The highest BCUT2D eigenvalue weighted by Gasteiger charge is 2.43. The maximum Gasteiger partial charge on any atom is 0.358 e. The van der Waals surface area contributed by atoms with Crippen molar-refractivity contribution in [3.05, 3.63) is 15.6 Å². The maximum absolute atomic E-state index is 11.8. The van der Waals surface area contributed by atoms with Crippen molar-refractivity contribution >= 4 is 23.1 Å². The first-order valence-electron chi connectivity index (χ1n) is 6.28. The first kappa shape index (κ1) is 14.1. The van der Waals surface area contributed by atoms with Gasteiger partial charge in [-0.15, -0.1) is 11.3 Å². The van der Waals surface area contributed by atoms with Crippen molar-refractivity contribution in [1.29, 1.82) is 0 Å². The number of ether oxygens (including phenoxy) is 2. The molecule has 6 heteroatoms. The number of nitrogens with zero attached hydrogens (tertiary/aromatic N) is 1. The fraction of sp³-hybridized carbons (Fsp3) is 0.615. The van der Waals surface area contributed by atoms with Crippen molar-refractivity contribution in [2.75, 3.05) is 13.7 Å². The van der Waals surface area contributed by atoms with Crippen LogP contribution >= 0.6 is 11.3 Å². The number of aromatic nitrogens is 1. The molecule has 0 spiro atoms. The molecular weight excluding hydrogens is 266 g/mol. The van der Waals surface area contributed by atoms with Crippen LogP contribution in [0, 0.1) is 0 Å². The summed E-state index contributed by atoms with van der Waals surface area (Å²) in [5, 5.41) is 0.703. The number of thiazole rings is 1. The van der Waals surface area contributed by atoms with Gasteiger partial charge in [0, 0.05) is 14.0 Å². The number of hydrogen-bond donors (Lipinski definition) is 0. The van der Waals surface area contributed by atoms with E-state index in [-0.39, 0.29) is 18.1 Å². The summed E-state index contributed by atoms with van der Waals surface area (Å²) >= 11 is 1.24. The quantitative estimate of drug-likeness (QED) is 0.613. The standard InChI is InChI=1S/C13H17NO4S/c1-4-18-11(16)9-10(8(2)15)19-12(14-9)13(17-3)6-5-7-13/h4-7H2,1-3H3. The van der Waals surface area contributed by atoms with Gasteiger partial charge in [0.25, 0.3) is 0 Å². The molecule has 0 radical (unpaired) electrons. The highest BCUT2D eigenvalue weighted by atomic mass is 32.1. The first-order chi connectivity index (χ1) is 9.04. The van der Waals surface area contributed by atoms with Crippen molar-refractivity contribution in [1.82, 2.24) is 4.98 Å². The van der Waals surface area contributed by atoms with Gasteiger partial charge in [0.2, 0.25) is 0 Å². The Hall–Kier alpha value is -1.27. The maximum atomic E-state index is 11.8. The molecular formula is C13H17NO4S. The summed E-state index contributed by atoms with van der Waals surface area (Å²) in [4.78, 5) is 28.1. The Labute approximate surface area is 115 Å². The van der Waals surface area contributed by atoms with Gasteiger partial charge in [0.1, 0.15) is 15.5 Å². The Balaban J connectivity index is 2.40. The molecule has 104 valence electrons. The lowest BCUT2D eigenvalue weighted by Gasteiger charge is -2.38. The number of esters is 1. The molecule has 1 aromatic rings. The van der Waals surface area contributed by atoms with Crippen LogP contribution in [-0.4, -0.2) is 30.5 Å². The van der Waals surface area contributed by atoms with Crippen molar-refractivity contribution < 1.29 is 19.1 Å². The van der Waals surface area contributed by atoms with Crippen LogP contribution in [0.4, 0.5) is 0 Å². The van der Waals surface area contributed by atoms with Gasteiger partial charge in [-0.1, -0.05) is 0 Å². The average Bonchev–Trinajstić information content (AvgIpc) is 2.74. The third-order valence-corrected chi connectivity index (χ3v) is 4.70. The van der Waals surface area contributed by atoms with E-state index < -0.39 is 11.6 Å². The predicted molar refractivity (Wildman–Crippen MR) is 70.6 cm³/mol. The Morgan fingerprint density at radius 3 is 2.53 bits per heavy atom. The number of carbonyl (C=O) groups is 2. The van der Waals surface area contributed by atoms with E-state index in [1.165, 1.54) is 18.3 Å². The summed E-state index contributed by atoms with van der Waals surface area (Å²) in [6, 6.07) is 0. The second kappa shape index (κ2) is 5.38. The lowest BCUT2D eigenvalue weighted by atomic mass is 9.80. The van der Waals surface area contributed by atoms with Gasteiger partial charge in [0.15, 0.2) is 11.5 Å². The van der Waals surface area contributed by atoms with Crippen molar-refractivity contribution in [2.24, 2.45) is 0 Å². The van der Waals surface area contributed by atoms with Crippen molar-refractivity contribution in [2.45, 2.75) is 38.7 Å². The molecule has 0 amide bonds. The van der Waals surface area contributed by atoms with Gasteiger partial charge in [-0.05, 0) is 26.2 Å². The van der Waals surface area contributed by atoms with Crippen molar-refractivity contribution in [3.8, 4) is 0 Å². The van der Waals surface area contributed by atoms with Gasteiger partial charge in [-0.25, -0.2) is 9.78 Å². The molecule has 1 aliphatic rings. The van der Waals surface area contributed by atoms with E-state index in [0.717, 1.165) is 19.3 Å². The highest BCUT2D eigenvalue weighted by Crippen LogP contribution is 2.46. The SMILES string of the molecule is CCOC(=O)c1nc(C2(OC)CCC2)sc1C(C)=O. The Morgan fingerprint density at radius 2 is 2.11 bits per heavy atom. The molecule has 0 unspecified atom stereocenters. The summed E-state index contributed by atoms with van der Waals surface area (Å²) in [7, 11) is 1.64. The molecule has 1 fully saturated rings. The van der Waals surface area contributed by atoms with E-state index in [9.17, 15) is 9.59 Å². The molecule has 0 bridgehead atoms. The summed E-state index contributed by atoms with van der Waals surface area (Å²) in [5.74, 6) is -0.710. The van der Waals surface area contributed by atoms with Gasteiger partial charge in [0.05, 0.1) is 6.61 Å². The number of methoxy groups -OCH3 is 1. The molecule has 1 aromatic heterocycles. The molecule has 0 aliphatic heterocycles. The van der Waals surface area contributed by atoms with Gasteiger partial charge >= 0.3 is 5.97 Å². The van der Waals surface area contributed by atoms with Crippen molar-refractivity contribution in [3.63, 3.8) is 0 Å². The van der Waals surface area contributed by atoms with E-state index >= 15 is 0 Å². The van der Waals surface area contributed by atoms with E-state index in [1.54, 1.807) is 14.0 Å². The van der Waals surface area contributed by atoms with Crippen LogP contribution in [0.5, 0.6) is 0 Å². The topological polar surface area (TPSA) is 65.5 Å². The second-order valence-electron chi connectivity index (χ2n) is 4.53. The predicted octanol–water partition coefficient (Wildman–Crippen LogP) is 2.55. The van der Waals surface area contributed by atoms with Crippen LogP contribution in [0.1, 0.15) is 58.3 Å². The zero-order chi connectivity index (χ0) is 14.0. The minimum Gasteiger partial charge on any atom is -0.461 e. The van der Waals surface area contributed by atoms with Gasteiger partial charge < -0.3 is 9.47 Å². The summed E-state index contributed by atoms with van der Waals surface area (Å²) in [6.07, 6.45) is 2.81. The molecule has 2 rings (SSSR count). The Morgan fingerprint density at radius 1 is 1.42 bits per heavy atom. The third kappa shape index (κ3) is 2.42. The Bertz CT molecular complexity index is 499. The van der Waals surface area contributed by atoms with Gasteiger partial charge in [-0.2, -0.15) is 0 Å². The number of rotatable bonds is 5. The summed E-state index contributed by atoms with van der Waals surface area (Å²) in [5.41, 5.74) is -0.294. The van der Waals surface area contributed by atoms with Crippen LogP contribution in [0.15, 0.2) is 0 Å². The van der Waals surface area contributed by atoms with Crippen LogP contribution in [0.2, 0.25) is 0 Å². The molecule has 0 aromatic carbocycles. The van der Waals surface area contributed by atoms with Crippen LogP contribution in [0.3, 0.4) is 0 Å². The fourth-order valence-electron chi connectivity index (χ4n) is 2.09. The number of carbonyl (C=O) groups excluding carboxylic acids is 2. The minimum absolute atomic E-state index is 0.123. The second-order valence-corrected chi connectivity index (χ2v) is 5.52. The zero-order valence-electron chi connectivity index (χ0n) is 11.3. The molecule has 1 saturated carbocycles. The number of Topliss-reactive ketones (excluding diaryl/α,β-unsaturated/α-hetero) is 1. The molecule has 1 heterocycles. The van der Waals surface area contributed by atoms with Crippen LogP contribution < -0.4 is 0 Å². The monoisotopic (exact) mass is 283 g/mol. The third-order valence-electron chi connectivity index (χ3n) is 3.36. The molecule has 5 nitrogen and oxygen atoms in total. The Kier molecular flexibility index (Phi) is 4.01. The number of ketones is 1. The average molecular weight is 283 g/mol. The fourth-order valence-corrected chi connectivity index (χ4v) is 3.27. The lowest BCUT2D eigenvalue weighted by molar-refractivity contribution is -0.0780. The van der Waals surface area contributed by atoms with E-state index in [1.807, 2.05) is 0 Å². The summed E-state index contributed by atoms with van der Waals surface area (Å²) < 4.78 is 10.5. The molecule has 0 N–H and O–H groups in total. The lowest BCUT2D eigenvalue weighted by Crippen LogP contribution is -2.36. The smallest absolute Gasteiger partial charge is 0.358 e. The van der Waals surface area contributed by atoms with Crippen LogP contribution in [0.25, 0.3) is 0 Å². The molecule has 1 aliphatic carbocycles. The largest absolute Gasteiger partial charge is 0.461 e. The molecule has 0 saturated heterocycles. The zero-order valence-corrected chi connectivity index (χ0v) is 12.1. The van der Waals surface area contributed by atoms with Crippen LogP contribution in [-0.2, 0) is 15.1 Å². The van der Waals surface area contributed by atoms with Gasteiger partial charge in [-0.3, -0.25) is 4.79 Å². The first-order valence-corrected chi connectivity index (χ1v) is 7.10. The van der Waals surface area contributed by atoms with E-state index in [2.05, 4.69) is 4.98 Å². The minimum atomic E-state index is -0.541. The summed E-state index contributed by atoms with van der Waals surface area (Å²) in [6.45, 7) is 3.42. The highest BCUT2D eigenvalue weighted by molar-refractivity contribution is 7.14. The normalized spacial score (nSPS) is 16.8. The van der Waals surface area contributed by atoms with E-state index in [4.69, 9.17) is 9.47 Å². The number of hydrogen-bond acceptors (Lipinski definition) is 6. The molecule has 19 heavy (non-hydrogen) atoms. The van der Waals surface area contributed by atoms with E-state index in [0.29, 0.717) is 9.88 Å².